The van der Waals surface area contributed by atoms with Gasteiger partial charge in [-0.05, 0) is 30.5 Å². The Bertz CT molecular complexity index is 633. The summed E-state index contributed by atoms with van der Waals surface area (Å²) in [6.45, 7) is 6.23. The third kappa shape index (κ3) is 4.66. The molecule has 0 saturated heterocycles. The lowest BCUT2D eigenvalue weighted by Gasteiger charge is -2.32. The second-order valence-electron chi connectivity index (χ2n) is 6.45. The summed E-state index contributed by atoms with van der Waals surface area (Å²) >= 11 is 5.94. The normalized spacial score (nSPS) is 14.0. The summed E-state index contributed by atoms with van der Waals surface area (Å²) in [7, 11) is 0. The van der Waals surface area contributed by atoms with Crippen molar-refractivity contribution in [2.24, 2.45) is 5.41 Å². The number of benzene rings is 1. The van der Waals surface area contributed by atoms with Crippen molar-refractivity contribution in [3.05, 3.63) is 53.6 Å². The van der Waals surface area contributed by atoms with Gasteiger partial charge in [-0.3, -0.25) is 0 Å². The van der Waals surface area contributed by atoms with Crippen molar-refractivity contribution >= 4 is 17.3 Å². The van der Waals surface area contributed by atoms with Crippen LogP contribution in [0.3, 0.4) is 0 Å². The number of nitrogens with zero attached hydrogens (tertiary/aromatic N) is 3. The molecule has 0 fully saturated rings. The number of aromatic nitrogens is 3. The van der Waals surface area contributed by atoms with Gasteiger partial charge < -0.3 is 5.11 Å². The van der Waals surface area contributed by atoms with Crippen molar-refractivity contribution in [2.75, 3.05) is 0 Å². The molecule has 124 valence electrons. The topological polar surface area (TPSA) is 50.9 Å². The van der Waals surface area contributed by atoms with Crippen LogP contribution in [0.25, 0.3) is 5.70 Å². The standard InChI is InChI=1S/C18H24ClN3O/c1-4-5-6-16(22-13-20-12-21-22)17(23)18(2,3)11-14-7-9-15(19)10-8-14/h6-10,12-13,17,23H,4-5,11H2,1-3H3. The van der Waals surface area contributed by atoms with Crippen molar-refractivity contribution in [1.29, 1.82) is 0 Å². The largest absolute Gasteiger partial charge is 0.386 e. The summed E-state index contributed by atoms with van der Waals surface area (Å²) in [6.07, 6.45) is 7.16. The van der Waals surface area contributed by atoms with Crippen LogP contribution in [-0.4, -0.2) is 26.0 Å². The zero-order chi connectivity index (χ0) is 16.9. The van der Waals surface area contributed by atoms with E-state index in [-0.39, 0.29) is 5.41 Å². The number of hydrogen-bond acceptors (Lipinski definition) is 3. The first-order valence-electron chi connectivity index (χ1n) is 7.91. The predicted molar refractivity (Wildman–Crippen MR) is 94.1 cm³/mol. The van der Waals surface area contributed by atoms with E-state index in [9.17, 15) is 5.11 Å². The van der Waals surface area contributed by atoms with E-state index in [4.69, 9.17) is 11.6 Å². The molecule has 23 heavy (non-hydrogen) atoms. The highest BCUT2D eigenvalue weighted by molar-refractivity contribution is 6.30. The van der Waals surface area contributed by atoms with Gasteiger partial charge in [0.1, 0.15) is 18.8 Å². The molecule has 0 aliphatic carbocycles. The molecule has 0 radical (unpaired) electrons. The SMILES string of the molecule is CCCC=C(C(O)C(C)(C)Cc1ccc(Cl)cc1)n1cncn1. The molecule has 4 nitrogen and oxygen atoms in total. The molecule has 1 N–H and O–H groups in total. The van der Waals surface area contributed by atoms with Crippen LogP contribution < -0.4 is 0 Å². The molecule has 0 saturated carbocycles. The van der Waals surface area contributed by atoms with Gasteiger partial charge in [0.2, 0.25) is 0 Å². The molecule has 1 aromatic heterocycles. The van der Waals surface area contributed by atoms with E-state index >= 15 is 0 Å². The van der Waals surface area contributed by atoms with Gasteiger partial charge >= 0.3 is 0 Å². The quantitative estimate of drug-likeness (QED) is 0.826. The molecule has 0 aliphatic heterocycles. The summed E-state index contributed by atoms with van der Waals surface area (Å²) in [5.41, 5.74) is 1.58. The Balaban J connectivity index is 2.23. The zero-order valence-corrected chi connectivity index (χ0v) is 14.7. The number of aliphatic hydroxyl groups is 1. The third-order valence-electron chi connectivity index (χ3n) is 3.92. The monoisotopic (exact) mass is 333 g/mol. The first kappa shape index (κ1) is 17.7. The predicted octanol–water partition coefficient (Wildman–Crippen LogP) is 4.20. The highest BCUT2D eigenvalue weighted by Crippen LogP contribution is 2.32. The molecular formula is C18H24ClN3O. The van der Waals surface area contributed by atoms with Gasteiger partial charge in [0, 0.05) is 10.4 Å². The van der Waals surface area contributed by atoms with Crippen molar-refractivity contribution < 1.29 is 5.11 Å². The van der Waals surface area contributed by atoms with Crippen LogP contribution in [0.5, 0.6) is 0 Å². The van der Waals surface area contributed by atoms with E-state index in [1.54, 1.807) is 11.0 Å². The average molecular weight is 334 g/mol. The van der Waals surface area contributed by atoms with E-state index in [0.717, 1.165) is 35.5 Å². The van der Waals surface area contributed by atoms with Gasteiger partial charge in [0.15, 0.2) is 0 Å². The number of allylic oxidation sites excluding steroid dienone is 1. The zero-order valence-electron chi connectivity index (χ0n) is 13.9. The van der Waals surface area contributed by atoms with E-state index in [1.807, 2.05) is 30.3 Å². The summed E-state index contributed by atoms with van der Waals surface area (Å²) in [5.74, 6) is 0. The van der Waals surface area contributed by atoms with Crippen LogP contribution in [0, 0.1) is 5.41 Å². The summed E-state index contributed by atoms with van der Waals surface area (Å²) in [5, 5.41) is 15.9. The number of hydrogen-bond donors (Lipinski definition) is 1. The molecule has 0 bridgehead atoms. The molecule has 5 heteroatoms. The highest BCUT2D eigenvalue weighted by atomic mass is 35.5. The van der Waals surface area contributed by atoms with Crippen LogP contribution in [0.2, 0.25) is 5.02 Å². The lowest BCUT2D eigenvalue weighted by atomic mass is 9.79. The fourth-order valence-electron chi connectivity index (χ4n) is 2.59. The fourth-order valence-corrected chi connectivity index (χ4v) is 2.72. The van der Waals surface area contributed by atoms with Gasteiger partial charge in [0.05, 0.1) is 5.70 Å². The Morgan fingerprint density at radius 2 is 2.04 bits per heavy atom. The molecule has 0 spiro atoms. The Morgan fingerprint density at radius 3 is 2.61 bits per heavy atom. The molecule has 0 amide bonds. The van der Waals surface area contributed by atoms with Gasteiger partial charge in [-0.2, -0.15) is 5.10 Å². The Hall–Kier alpha value is -1.65. The molecule has 2 rings (SSSR count). The average Bonchev–Trinajstić information content (AvgIpc) is 3.04. The molecule has 2 aromatic rings. The van der Waals surface area contributed by atoms with Gasteiger partial charge in [0.25, 0.3) is 0 Å². The van der Waals surface area contributed by atoms with Crippen LogP contribution in [0.4, 0.5) is 0 Å². The molecule has 1 aromatic carbocycles. The number of halogens is 1. The Morgan fingerprint density at radius 1 is 1.35 bits per heavy atom. The fraction of sp³-hybridized carbons (Fsp3) is 0.444. The highest BCUT2D eigenvalue weighted by Gasteiger charge is 2.32. The summed E-state index contributed by atoms with van der Waals surface area (Å²) in [4.78, 5) is 3.99. The van der Waals surface area contributed by atoms with E-state index in [1.165, 1.54) is 6.33 Å². The van der Waals surface area contributed by atoms with Crippen LogP contribution in [-0.2, 0) is 6.42 Å². The van der Waals surface area contributed by atoms with Crippen molar-refractivity contribution in [1.82, 2.24) is 14.8 Å². The van der Waals surface area contributed by atoms with Crippen molar-refractivity contribution in [3.63, 3.8) is 0 Å². The first-order valence-corrected chi connectivity index (χ1v) is 8.29. The number of aliphatic hydroxyl groups excluding tert-OH is 1. The minimum absolute atomic E-state index is 0.348. The minimum Gasteiger partial charge on any atom is -0.386 e. The lowest BCUT2D eigenvalue weighted by Crippen LogP contribution is -2.34. The van der Waals surface area contributed by atoms with E-state index in [2.05, 4.69) is 30.9 Å². The number of rotatable bonds is 7. The van der Waals surface area contributed by atoms with Gasteiger partial charge in [-0.1, -0.05) is 57.0 Å². The molecular weight excluding hydrogens is 310 g/mol. The first-order chi connectivity index (χ1) is 10.9. The van der Waals surface area contributed by atoms with E-state index < -0.39 is 6.10 Å². The van der Waals surface area contributed by atoms with Crippen LogP contribution in [0.1, 0.15) is 39.2 Å². The summed E-state index contributed by atoms with van der Waals surface area (Å²) < 4.78 is 1.66. The van der Waals surface area contributed by atoms with Gasteiger partial charge in [-0.25, -0.2) is 9.67 Å². The Labute approximate surface area is 142 Å². The van der Waals surface area contributed by atoms with Crippen molar-refractivity contribution in [2.45, 2.75) is 46.1 Å². The van der Waals surface area contributed by atoms with E-state index in [0.29, 0.717) is 0 Å². The lowest BCUT2D eigenvalue weighted by molar-refractivity contribution is 0.0935. The molecule has 1 unspecified atom stereocenters. The van der Waals surface area contributed by atoms with Crippen LogP contribution >= 0.6 is 11.6 Å². The molecule has 1 heterocycles. The second kappa shape index (κ2) is 7.75. The molecule has 0 aliphatic rings. The number of unbranched alkanes of at least 4 members (excludes halogenated alkanes) is 1. The Kier molecular flexibility index (Phi) is 5.97. The van der Waals surface area contributed by atoms with Crippen LogP contribution in [0.15, 0.2) is 43.0 Å². The molecule has 1 atom stereocenters. The maximum atomic E-state index is 11.0. The maximum Gasteiger partial charge on any atom is 0.138 e. The smallest absolute Gasteiger partial charge is 0.138 e. The van der Waals surface area contributed by atoms with Crippen molar-refractivity contribution in [3.8, 4) is 0 Å². The second-order valence-corrected chi connectivity index (χ2v) is 6.89. The third-order valence-corrected chi connectivity index (χ3v) is 4.17. The minimum atomic E-state index is -0.647. The maximum absolute atomic E-state index is 11.0. The van der Waals surface area contributed by atoms with Gasteiger partial charge in [-0.15, -0.1) is 0 Å². The summed E-state index contributed by atoms with van der Waals surface area (Å²) in [6, 6.07) is 7.76.